The van der Waals surface area contributed by atoms with Gasteiger partial charge in [0.2, 0.25) is 0 Å². The van der Waals surface area contributed by atoms with Crippen LogP contribution in [0.15, 0.2) is 54.9 Å². The molecule has 7 heteroatoms. The van der Waals surface area contributed by atoms with Crippen molar-refractivity contribution in [3.8, 4) is 6.07 Å². The molecule has 0 N–H and O–H groups in total. The molecule has 0 amide bonds. The molecular weight excluding hydrogens is 516 g/mol. The highest BCUT2D eigenvalue weighted by molar-refractivity contribution is 5.51. The molecule has 3 heterocycles. The summed E-state index contributed by atoms with van der Waals surface area (Å²) in [5.41, 5.74) is 2.41. The van der Waals surface area contributed by atoms with E-state index < -0.39 is 11.6 Å². The van der Waals surface area contributed by atoms with Gasteiger partial charge in [0.05, 0.1) is 11.6 Å². The number of likely N-dealkylation sites (tertiary alicyclic amines) is 1. The van der Waals surface area contributed by atoms with Crippen molar-refractivity contribution in [2.45, 2.75) is 63.8 Å². The molecule has 1 saturated carbocycles. The lowest BCUT2D eigenvalue weighted by Gasteiger charge is -2.50. The van der Waals surface area contributed by atoms with Gasteiger partial charge >= 0.3 is 0 Å². The quantitative estimate of drug-likeness (QED) is 0.299. The lowest BCUT2D eigenvalue weighted by molar-refractivity contribution is 0.0637. The molecule has 3 aromatic rings. The number of halogens is 2. The van der Waals surface area contributed by atoms with Gasteiger partial charge in [-0.1, -0.05) is 19.8 Å². The first kappa shape index (κ1) is 27.9. The van der Waals surface area contributed by atoms with E-state index >= 15 is 0 Å². The predicted octanol–water partition coefficient (Wildman–Crippen LogP) is 6.57. The standard InChI is InChI=1S/C34H41F2N5/c1-2-33-38-13-16-40(33)24-34(27-5-3-4-6-27,29-17-30(35)19-31(36)18-29)28-11-14-39(15-12-28)21-26-22-41(23-26)32-9-7-25(20-37)8-10-32/h7-10,13,16-19,26-28H,2-6,11-12,14-15,21-24H2,1H3. The Labute approximate surface area is 242 Å². The minimum atomic E-state index is -0.474. The van der Waals surface area contributed by atoms with Gasteiger partial charge in [-0.15, -0.1) is 0 Å². The van der Waals surface area contributed by atoms with Crippen LogP contribution >= 0.6 is 0 Å². The van der Waals surface area contributed by atoms with Crippen LogP contribution in [0.2, 0.25) is 0 Å². The number of hydrogen-bond donors (Lipinski definition) is 0. The molecule has 0 radical (unpaired) electrons. The number of aryl methyl sites for hydroxylation is 1. The Balaban J connectivity index is 1.19. The molecule has 1 unspecified atom stereocenters. The summed E-state index contributed by atoms with van der Waals surface area (Å²) in [5, 5.41) is 9.06. The first-order chi connectivity index (χ1) is 20.0. The first-order valence-corrected chi connectivity index (χ1v) is 15.4. The van der Waals surface area contributed by atoms with Gasteiger partial charge < -0.3 is 14.4 Å². The van der Waals surface area contributed by atoms with E-state index in [-0.39, 0.29) is 5.41 Å². The van der Waals surface area contributed by atoms with Crippen LogP contribution in [0.5, 0.6) is 0 Å². The Bertz CT molecular complexity index is 1340. The third-order valence-corrected chi connectivity index (χ3v) is 10.2. The van der Waals surface area contributed by atoms with Crippen LogP contribution in [-0.4, -0.2) is 47.2 Å². The molecule has 1 atom stereocenters. The summed E-state index contributed by atoms with van der Waals surface area (Å²) in [6.45, 7) is 8.08. The van der Waals surface area contributed by atoms with Crippen LogP contribution < -0.4 is 4.90 Å². The average Bonchev–Trinajstić information content (AvgIpc) is 3.66. The van der Waals surface area contributed by atoms with E-state index in [0.29, 0.717) is 23.3 Å². The van der Waals surface area contributed by atoms with E-state index in [1.54, 1.807) is 12.1 Å². The van der Waals surface area contributed by atoms with E-state index in [4.69, 9.17) is 5.26 Å². The SMILES string of the molecule is CCc1nccn1CC(c1cc(F)cc(F)c1)(C1CCCC1)C1CCN(CC2CN(c3ccc(C#N)cc3)C2)CC1. The summed E-state index contributed by atoms with van der Waals surface area (Å²) in [4.78, 5) is 9.60. The predicted molar refractivity (Wildman–Crippen MR) is 158 cm³/mol. The fraction of sp³-hybridized carbons (Fsp3) is 0.529. The fourth-order valence-corrected chi connectivity index (χ4v) is 8.14. The van der Waals surface area contributed by atoms with Crippen LogP contribution in [0, 0.1) is 40.7 Å². The van der Waals surface area contributed by atoms with Gasteiger partial charge in [0, 0.05) is 68.1 Å². The topological polar surface area (TPSA) is 48.1 Å². The summed E-state index contributed by atoms with van der Waals surface area (Å²) in [5.74, 6) is 1.48. The molecule has 3 fully saturated rings. The third kappa shape index (κ3) is 5.64. The fourth-order valence-electron chi connectivity index (χ4n) is 8.14. The lowest BCUT2D eigenvalue weighted by Crippen LogP contribution is -2.54. The first-order valence-electron chi connectivity index (χ1n) is 15.4. The molecule has 0 spiro atoms. The Morgan fingerprint density at radius 3 is 2.24 bits per heavy atom. The van der Waals surface area contributed by atoms with Gasteiger partial charge in [-0.3, -0.25) is 0 Å². The summed E-state index contributed by atoms with van der Waals surface area (Å²) >= 11 is 0. The van der Waals surface area contributed by atoms with Crippen molar-refractivity contribution in [1.82, 2.24) is 14.5 Å². The molecule has 5 nitrogen and oxygen atoms in total. The molecule has 1 aliphatic carbocycles. The molecule has 0 bridgehead atoms. The van der Waals surface area contributed by atoms with Crippen LogP contribution in [-0.2, 0) is 18.4 Å². The second-order valence-electron chi connectivity index (χ2n) is 12.5. The monoisotopic (exact) mass is 557 g/mol. The van der Waals surface area contributed by atoms with Crippen molar-refractivity contribution in [3.63, 3.8) is 0 Å². The van der Waals surface area contributed by atoms with E-state index in [2.05, 4.69) is 38.5 Å². The smallest absolute Gasteiger partial charge is 0.126 e. The van der Waals surface area contributed by atoms with E-state index in [1.165, 1.54) is 18.5 Å². The van der Waals surface area contributed by atoms with Gasteiger partial charge in [-0.2, -0.15) is 5.26 Å². The average molecular weight is 558 g/mol. The number of nitrogens with zero attached hydrogens (tertiary/aromatic N) is 5. The van der Waals surface area contributed by atoms with Crippen LogP contribution in [0.4, 0.5) is 14.5 Å². The molecule has 1 aromatic heterocycles. The molecule has 41 heavy (non-hydrogen) atoms. The minimum absolute atomic E-state index is 0.320. The zero-order valence-corrected chi connectivity index (χ0v) is 24.1. The van der Waals surface area contributed by atoms with E-state index in [0.717, 1.165) is 88.8 Å². The highest BCUT2D eigenvalue weighted by Crippen LogP contribution is 2.52. The van der Waals surface area contributed by atoms with Gasteiger partial charge in [-0.05, 0) is 92.6 Å². The van der Waals surface area contributed by atoms with Gasteiger partial charge in [0.25, 0.3) is 0 Å². The zero-order valence-electron chi connectivity index (χ0n) is 24.1. The number of hydrogen-bond acceptors (Lipinski definition) is 4. The molecule has 216 valence electrons. The summed E-state index contributed by atoms with van der Waals surface area (Å²) in [7, 11) is 0. The van der Waals surface area contributed by atoms with Crippen LogP contribution in [0.3, 0.4) is 0 Å². The number of aromatic nitrogens is 2. The Morgan fingerprint density at radius 1 is 0.951 bits per heavy atom. The molecule has 2 aromatic carbocycles. The second kappa shape index (κ2) is 11.9. The largest absolute Gasteiger partial charge is 0.371 e. The molecule has 2 aliphatic heterocycles. The number of piperidine rings is 1. The number of rotatable bonds is 9. The Morgan fingerprint density at radius 2 is 1.61 bits per heavy atom. The van der Waals surface area contributed by atoms with Gasteiger partial charge in [0.1, 0.15) is 17.5 Å². The van der Waals surface area contributed by atoms with Crippen LogP contribution in [0.25, 0.3) is 0 Å². The minimum Gasteiger partial charge on any atom is -0.371 e. The molecule has 2 saturated heterocycles. The van der Waals surface area contributed by atoms with Crippen LogP contribution in [0.1, 0.15) is 62.4 Å². The van der Waals surface area contributed by atoms with Crippen molar-refractivity contribution >= 4 is 5.69 Å². The van der Waals surface area contributed by atoms with Crippen molar-refractivity contribution < 1.29 is 8.78 Å². The highest BCUT2D eigenvalue weighted by Gasteiger charge is 2.49. The lowest BCUT2D eigenvalue weighted by atomic mass is 9.59. The van der Waals surface area contributed by atoms with Gasteiger partial charge in [0.15, 0.2) is 0 Å². The molecule has 6 rings (SSSR count). The summed E-state index contributed by atoms with van der Waals surface area (Å²) in [6, 6.07) is 14.3. The van der Waals surface area contributed by atoms with Crippen molar-refractivity contribution in [1.29, 1.82) is 5.26 Å². The summed E-state index contributed by atoms with van der Waals surface area (Å²) in [6.07, 6.45) is 11.4. The Hall–Kier alpha value is -3.24. The van der Waals surface area contributed by atoms with E-state index in [9.17, 15) is 8.78 Å². The maximum Gasteiger partial charge on any atom is 0.126 e. The van der Waals surface area contributed by atoms with Crippen molar-refractivity contribution in [2.24, 2.45) is 17.8 Å². The van der Waals surface area contributed by atoms with Crippen molar-refractivity contribution in [3.05, 3.63) is 83.4 Å². The normalized spacial score (nSPS) is 20.6. The number of imidazole rings is 1. The zero-order chi connectivity index (χ0) is 28.4. The number of anilines is 1. The molecular formula is C34H41F2N5. The highest BCUT2D eigenvalue weighted by atomic mass is 19.1. The second-order valence-corrected chi connectivity index (χ2v) is 12.5. The maximum atomic E-state index is 14.8. The third-order valence-electron chi connectivity index (χ3n) is 10.2. The van der Waals surface area contributed by atoms with Crippen molar-refractivity contribution in [2.75, 3.05) is 37.6 Å². The summed E-state index contributed by atoms with van der Waals surface area (Å²) < 4.78 is 31.9. The maximum absolute atomic E-state index is 14.8. The number of nitriles is 1. The number of benzene rings is 2. The molecule has 3 aliphatic rings. The Kier molecular flexibility index (Phi) is 8.12. The van der Waals surface area contributed by atoms with Gasteiger partial charge in [-0.25, -0.2) is 13.8 Å². The van der Waals surface area contributed by atoms with E-state index in [1.807, 2.05) is 30.5 Å².